The molecule has 2 atom stereocenters. The zero-order valence-electron chi connectivity index (χ0n) is 23.3. The maximum absolute atomic E-state index is 12.8. The van der Waals surface area contributed by atoms with E-state index in [2.05, 4.69) is 20.8 Å². The van der Waals surface area contributed by atoms with Crippen molar-refractivity contribution in [1.29, 1.82) is 0 Å². The van der Waals surface area contributed by atoms with Crippen molar-refractivity contribution in [2.45, 2.75) is 175 Å². The van der Waals surface area contributed by atoms with Gasteiger partial charge in [-0.15, -0.1) is 0 Å². The molecule has 0 aromatic heterocycles. The van der Waals surface area contributed by atoms with Crippen LogP contribution in [-0.4, -0.2) is 17.5 Å². The van der Waals surface area contributed by atoms with E-state index in [0.717, 1.165) is 44.9 Å². The van der Waals surface area contributed by atoms with Gasteiger partial charge in [0, 0.05) is 18.3 Å². The Labute approximate surface area is 212 Å². The number of carboxylic acids is 1. The number of hydrogen-bond acceptors (Lipinski definition) is 4. The second-order valence-corrected chi connectivity index (χ2v) is 10.4. The Balaban J connectivity index is 4.65. The van der Waals surface area contributed by atoms with Crippen molar-refractivity contribution < 1.29 is 19.4 Å². The number of carbonyl (C=O) groups is 2. The summed E-state index contributed by atoms with van der Waals surface area (Å²) in [6.07, 6.45) is 22.8. The molecule has 0 saturated heterocycles. The first kappa shape index (κ1) is 32.9. The molecular formula is C30H57O4-. The van der Waals surface area contributed by atoms with Gasteiger partial charge in [0.1, 0.15) is 5.60 Å². The molecule has 0 radical (unpaired) electrons. The van der Waals surface area contributed by atoms with Crippen LogP contribution in [0.15, 0.2) is 0 Å². The molecule has 0 saturated carbocycles. The van der Waals surface area contributed by atoms with Gasteiger partial charge in [0.25, 0.3) is 0 Å². The van der Waals surface area contributed by atoms with Crippen LogP contribution in [0.4, 0.5) is 0 Å². The molecule has 34 heavy (non-hydrogen) atoms. The molecule has 0 rings (SSSR count). The average Bonchev–Trinajstić information content (AvgIpc) is 2.81. The van der Waals surface area contributed by atoms with Gasteiger partial charge in [-0.05, 0) is 32.1 Å². The zero-order chi connectivity index (χ0) is 25.5. The van der Waals surface area contributed by atoms with Gasteiger partial charge in [-0.3, -0.25) is 4.79 Å². The number of carboxylic acid groups (broad SMARTS) is 1. The van der Waals surface area contributed by atoms with Gasteiger partial charge in [-0.25, -0.2) is 0 Å². The van der Waals surface area contributed by atoms with Crippen LogP contribution in [0.3, 0.4) is 0 Å². The van der Waals surface area contributed by atoms with Gasteiger partial charge in [0.2, 0.25) is 0 Å². The average molecular weight is 482 g/mol. The van der Waals surface area contributed by atoms with Crippen molar-refractivity contribution in [2.75, 3.05) is 0 Å². The number of aliphatic carboxylic acids is 1. The van der Waals surface area contributed by atoms with Gasteiger partial charge >= 0.3 is 5.97 Å². The Morgan fingerprint density at radius 1 is 0.676 bits per heavy atom. The van der Waals surface area contributed by atoms with Crippen molar-refractivity contribution in [2.24, 2.45) is 5.92 Å². The molecule has 4 nitrogen and oxygen atoms in total. The maximum atomic E-state index is 12.8. The highest BCUT2D eigenvalue weighted by atomic mass is 16.6. The topological polar surface area (TPSA) is 66.4 Å². The molecule has 0 amide bonds. The molecule has 0 aromatic carbocycles. The predicted molar refractivity (Wildman–Crippen MR) is 142 cm³/mol. The van der Waals surface area contributed by atoms with Gasteiger partial charge in [0.15, 0.2) is 0 Å². The van der Waals surface area contributed by atoms with E-state index in [1.807, 2.05) is 6.92 Å². The number of hydrogen-bond donors (Lipinski definition) is 0. The smallest absolute Gasteiger partial charge is 0.306 e. The quantitative estimate of drug-likeness (QED) is 0.0971. The number of esters is 1. The molecule has 0 fully saturated rings. The van der Waals surface area contributed by atoms with E-state index in [4.69, 9.17) is 4.74 Å². The van der Waals surface area contributed by atoms with E-state index in [1.165, 1.54) is 77.0 Å². The van der Waals surface area contributed by atoms with E-state index in [0.29, 0.717) is 12.8 Å². The van der Waals surface area contributed by atoms with E-state index >= 15 is 0 Å². The van der Waals surface area contributed by atoms with Crippen molar-refractivity contribution in [1.82, 2.24) is 0 Å². The molecule has 0 bridgehead atoms. The Hall–Kier alpha value is -1.06. The third kappa shape index (κ3) is 16.5. The highest BCUT2D eigenvalue weighted by Gasteiger charge is 2.39. The van der Waals surface area contributed by atoms with Gasteiger partial charge < -0.3 is 14.6 Å². The van der Waals surface area contributed by atoms with Crippen molar-refractivity contribution >= 4 is 11.9 Å². The van der Waals surface area contributed by atoms with E-state index < -0.39 is 11.6 Å². The minimum absolute atomic E-state index is 0.0189. The second kappa shape index (κ2) is 22.4. The standard InChI is InChI=1S/C30H58O4/c1-5-9-11-13-15-16-18-20-22-24-29(33)34-30(8-4,25-7-3)27(26-28(31)32)23-21-19-17-14-12-10-6-2/h27H,5-26H2,1-4H3,(H,31,32)/p-1. The molecule has 2 unspecified atom stereocenters. The SMILES string of the molecule is CCCCCCCCCCCC(=O)OC(CC)(CCC)C(CCCCCCCCC)CC(=O)[O-]. The van der Waals surface area contributed by atoms with Gasteiger partial charge in [-0.2, -0.15) is 0 Å². The molecular weight excluding hydrogens is 424 g/mol. The predicted octanol–water partition coefficient (Wildman–Crippen LogP) is 8.30. The van der Waals surface area contributed by atoms with Crippen molar-refractivity contribution in [3.8, 4) is 0 Å². The maximum Gasteiger partial charge on any atom is 0.306 e. The van der Waals surface area contributed by atoms with Gasteiger partial charge in [-0.1, -0.05) is 130 Å². The van der Waals surface area contributed by atoms with E-state index in [-0.39, 0.29) is 18.3 Å². The van der Waals surface area contributed by atoms with Crippen LogP contribution in [0.25, 0.3) is 0 Å². The van der Waals surface area contributed by atoms with Crippen LogP contribution >= 0.6 is 0 Å². The molecule has 0 aromatic rings. The second-order valence-electron chi connectivity index (χ2n) is 10.4. The Morgan fingerprint density at radius 3 is 1.59 bits per heavy atom. The normalized spacial score (nSPS) is 14.0. The number of unbranched alkanes of at least 4 members (excludes halogenated alkanes) is 14. The lowest BCUT2D eigenvalue weighted by Gasteiger charge is -2.40. The molecule has 0 aliphatic rings. The summed E-state index contributed by atoms with van der Waals surface area (Å²) in [5.74, 6) is -1.34. The van der Waals surface area contributed by atoms with Crippen LogP contribution in [0.2, 0.25) is 0 Å². The van der Waals surface area contributed by atoms with E-state index in [9.17, 15) is 14.7 Å². The van der Waals surface area contributed by atoms with Crippen LogP contribution < -0.4 is 5.11 Å². The lowest BCUT2D eigenvalue weighted by molar-refractivity contribution is -0.308. The molecule has 4 heteroatoms. The largest absolute Gasteiger partial charge is 0.550 e. The highest BCUT2D eigenvalue weighted by molar-refractivity contribution is 5.70. The molecule has 0 aliphatic carbocycles. The lowest BCUT2D eigenvalue weighted by atomic mass is 9.76. The summed E-state index contributed by atoms with van der Waals surface area (Å²) in [6, 6.07) is 0. The minimum Gasteiger partial charge on any atom is -0.550 e. The monoisotopic (exact) mass is 481 g/mol. The Kier molecular flexibility index (Phi) is 21.7. The summed E-state index contributed by atoms with van der Waals surface area (Å²) in [5.41, 5.74) is -0.673. The van der Waals surface area contributed by atoms with E-state index in [1.54, 1.807) is 0 Å². The fraction of sp³-hybridized carbons (Fsp3) is 0.933. The minimum atomic E-state index is -1.03. The van der Waals surface area contributed by atoms with Gasteiger partial charge in [0.05, 0.1) is 0 Å². The third-order valence-electron chi connectivity index (χ3n) is 7.39. The van der Waals surface area contributed by atoms with Crippen molar-refractivity contribution in [3.63, 3.8) is 0 Å². The molecule has 0 N–H and O–H groups in total. The fourth-order valence-electron chi connectivity index (χ4n) is 5.26. The first-order valence-electron chi connectivity index (χ1n) is 14.9. The summed E-state index contributed by atoms with van der Waals surface area (Å²) < 4.78 is 6.14. The van der Waals surface area contributed by atoms with Crippen molar-refractivity contribution in [3.05, 3.63) is 0 Å². The third-order valence-corrected chi connectivity index (χ3v) is 7.39. The number of rotatable bonds is 25. The fourth-order valence-corrected chi connectivity index (χ4v) is 5.26. The first-order chi connectivity index (χ1) is 16.5. The molecule has 0 aliphatic heterocycles. The Bertz CT molecular complexity index is 490. The van der Waals surface area contributed by atoms with Crippen LogP contribution in [0.5, 0.6) is 0 Å². The summed E-state index contributed by atoms with van der Waals surface area (Å²) in [4.78, 5) is 24.4. The lowest BCUT2D eigenvalue weighted by Crippen LogP contribution is -2.45. The Morgan fingerprint density at radius 2 is 1.15 bits per heavy atom. The summed E-state index contributed by atoms with van der Waals surface area (Å²) in [5, 5.41) is 11.6. The number of carbonyl (C=O) groups excluding carboxylic acids is 2. The first-order valence-corrected chi connectivity index (χ1v) is 14.9. The van der Waals surface area contributed by atoms with Crippen LogP contribution in [-0.2, 0) is 14.3 Å². The molecule has 202 valence electrons. The van der Waals surface area contributed by atoms with Crippen LogP contribution in [0.1, 0.15) is 169 Å². The number of ether oxygens (including phenoxy) is 1. The molecule has 0 spiro atoms. The summed E-state index contributed by atoms with van der Waals surface area (Å²) in [6.45, 7) is 8.58. The summed E-state index contributed by atoms with van der Waals surface area (Å²) >= 11 is 0. The summed E-state index contributed by atoms with van der Waals surface area (Å²) in [7, 11) is 0. The van der Waals surface area contributed by atoms with Crippen LogP contribution in [0, 0.1) is 5.92 Å². The zero-order valence-corrected chi connectivity index (χ0v) is 23.3. The highest BCUT2D eigenvalue weighted by Crippen LogP contribution is 2.37. The molecule has 0 heterocycles.